The van der Waals surface area contributed by atoms with Crippen molar-refractivity contribution in [3.8, 4) is 11.4 Å². The molecule has 2 N–H and O–H groups in total. The highest BCUT2D eigenvalue weighted by Crippen LogP contribution is 2.16. The average Bonchev–Trinajstić information content (AvgIpc) is 3.18. The van der Waals surface area contributed by atoms with Crippen LogP contribution in [0.4, 0.5) is 5.82 Å². The molecule has 3 aromatic rings. The third kappa shape index (κ3) is 4.25. The van der Waals surface area contributed by atoms with Crippen molar-refractivity contribution in [1.29, 1.82) is 0 Å². The lowest BCUT2D eigenvalue weighted by Gasteiger charge is -2.13. The number of halogens is 1. The van der Waals surface area contributed by atoms with E-state index in [0.29, 0.717) is 22.2 Å². The Kier molecular flexibility index (Phi) is 5.28. The zero-order valence-electron chi connectivity index (χ0n) is 13.8. The molecular formula is C18H15ClN4O3. The molecule has 1 amide bonds. The van der Waals surface area contributed by atoms with Crippen molar-refractivity contribution in [2.75, 3.05) is 5.32 Å². The van der Waals surface area contributed by atoms with Crippen LogP contribution in [-0.2, 0) is 9.53 Å². The summed E-state index contributed by atoms with van der Waals surface area (Å²) < 4.78 is 5.20. The molecule has 0 aliphatic carbocycles. The molecule has 2 aromatic heterocycles. The first-order valence-electron chi connectivity index (χ1n) is 7.76. The van der Waals surface area contributed by atoms with Crippen molar-refractivity contribution in [2.45, 2.75) is 13.0 Å². The number of pyridine rings is 1. The summed E-state index contributed by atoms with van der Waals surface area (Å²) >= 11 is 5.74. The zero-order chi connectivity index (χ0) is 18.5. The summed E-state index contributed by atoms with van der Waals surface area (Å²) in [6.07, 6.45) is 3.79. The number of nitrogens with one attached hydrogen (secondary N) is 2. The number of imidazole rings is 1. The summed E-state index contributed by atoms with van der Waals surface area (Å²) in [5.74, 6) is -0.0543. The van der Waals surface area contributed by atoms with E-state index in [0.717, 1.165) is 5.56 Å². The Labute approximate surface area is 154 Å². The number of benzene rings is 1. The van der Waals surface area contributed by atoms with Crippen LogP contribution in [0.25, 0.3) is 11.4 Å². The Bertz CT molecular complexity index is 893. The smallest absolute Gasteiger partial charge is 0.338 e. The molecule has 0 bridgehead atoms. The first-order valence-corrected chi connectivity index (χ1v) is 8.14. The predicted octanol–water partition coefficient (Wildman–Crippen LogP) is 3.31. The molecule has 0 spiro atoms. The number of H-pyrrole nitrogens is 1. The number of nitrogens with zero attached hydrogens (tertiary/aromatic N) is 2. The quantitative estimate of drug-likeness (QED) is 0.671. The van der Waals surface area contributed by atoms with Gasteiger partial charge in [-0.05, 0) is 31.2 Å². The van der Waals surface area contributed by atoms with E-state index < -0.39 is 18.0 Å². The molecule has 1 unspecified atom stereocenters. The Morgan fingerprint density at radius 1 is 1.15 bits per heavy atom. The fourth-order valence-electron chi connectivity index (χ4n) is 2.15. The minimum Gasteiger partial charge on any atom is -0.449 e. The molecule has 3 rings (SSSR count). The highest BCUT2D eigenvalue weighted by molar-refractivity contribution is 6.30. The van der Waals surface area contributed by atoms with E-state index in [2.05, 4.69) is 20.3 Å². The van der Waals surface area contributed by atoms with Crippen molar-refractivity contribution >= 4 is 29.3 Å². The maximum atomic E-state index is 12.2. The second-order valence-electron chi connectivity index (χ2n) is 5.41. The van der Waals surface area contributed by atoms with Crippen molar-refractivity contribution in [2.24, 2.45) is 0 Å². The number of anilines is 1. The van der Waals surface area contributed by atoms with E-state index in [1.165, 1.54) is 13.1 Å². The number of rotatable bonds is 5. The van der Waals surface area contributed by atoms with Crippen LogP contribution in [0.3, 0.4) is 0 Å². The third-order valence-corrected chi connectivity index (χ3v) is 3.75. The average molecular weight is 371 g/mol. The lowest BCUT2D eigenvalue weighted by atomic mass is 10.1. The second-order valence-corrected chi connectivity index (χ2v) is 5.85. The maximum Gasteiger partial charge on any atom is 0.338 e. The van der Waals surface area contributed by atoms with Gasteiger partial charge in [-0.1, -0.05) is 23.7 Å². The number of amides is 1. The van der Waals surface area contributed by atoms with E-state index in [9.17, 15) is 9.59 Å². The van der Waals surface area contributed by atoms with Gasteiger partial charge in [0.15, 0.2) is 6.10 Å². The minimum absolute atomic E-state index is 0.324. The van der Waals surface area contributed by atoms with Crippen LogP contribution < -0.4 is 5.32 Å². The molecule has 132 valence electrons. The van der Waals surface area contributed by atoms with E-state index in [-0.39, 0.29) is 0 Å². The molecule has 0 saturated carbocycles. The molecule has 1 aromatic carbocycles. The summed E-state index contributed by atoms with van der Waals surface area (Å²) in [6, 6.07) is 9.89. The van der Waals surface area contributed by atoms with Crippen LogP contribution >= 0.6 is 11.6 Å². The number of ether oxygens (including phenoxy) is 1. The maximum absolute atomic E-state index is 12.2. The molecule has 2 heterocycles. The van der Waals surface area contributed by atoms with Crippen molar-refractivity contribution in [3.63, 3.8) is 0 Å². The van der Waals surface area contributed by atoms with Gasteiger partial charge in [-0.3, -0.25) is 4.79 Å². The Hall–Kier alpha value is -3.19. The van der Waals surface area contributed by atoms with Gasteiger partial charge < -0.3 is 15.0 Å². The summed E-state index contributed by atoms with van der Waals surface area (Å²) in [4.78, 5) is 35.4. The van der Waals surface area contributed by atoms with Gasteiger partial charge in [0.2, 0.25) is 0 Å². The molecule has 8 heteroatoms. The van der Waals surface area contributed by atoms with Gasteiger partial charge in [0, 0.05) is 24.2 Å². The SMILES string of the molecule is CC(OC(=O)c1ccc(-c2ncc[nH]2)cc1)C(=O)Nc1ccc(Cl)cn1. The van der Waals surface area contributed by atoms with E-state index in [4.69, 9.17) is 16.3 Å². The second kappa shape index (κ2) is 7.79. The number of esters is 1. The van der Waals surface area contributed by atoms with Gasteiger partial charge >= 0.3 is 5.97 Å². The van der Waals surface area contributed by atoms with Crippen LogP contribution in [-0.4, -0.2) is 32.9 Å². The number of carbonyl (C=O) groups excluding carboxylic acids is 2. The molecular weight excluding hydrogens is 356 g/mol. The fraction of sp³-hybridized carbons (Fsp3) is 0.111. The fourth-order valence-corrected chi connectivity index (χ4v) is 2.26. The molecule has 7 nitrogen and oxygen atoms in total. The normalized spacial score (nSPS) is 11.6. The summed E-state index contributed by atoms with van der Waals surface area (Å²) in [5, 5.41) is 3.01. The lowest BCUT2D eigenvalue weighted by molar-refractivity contribution is -0.123. The van der Waals surface area contributed by atoms with Crippen molar-refractivity contribution < 1.29 is 14.3 Å². The van der Waals surface area contributed by atoms with Gasteiger partial charge in [-0.2, -0.15) is 0 Å². The van der Waals surface area contributed by atoms with Gasteiger partial charge in [-0.15, -0.1) is 0 Å². The molecule has 0 aliphatic heterocycles. The topological polar surface area (TPSA) is 97.0 Å². The van der Waals surface area contributed by atoms with E-state index in [1.54, 1.807) is 48.8 Å². The van der Waals surface area contributed by atoms with Crippen LogP contribution in [0, 0.1) is 0 Å². The largest absolute Gasteiger partial charge is 0.449 e. The summed E-state index contributed by atoms with van der Waals surface area (Å²) in [7, 11) is 0. The Balaban J connectivity index is 1.59. The first kappa shape index (κ1) is 17.6. The first-order chi connectivity index (χ1) is 12.5. The van der Waals surface area contributed by atoms with Crippen LogP contribution in [0.15, 0.2) is 55.0 Å². The standard InChI is InChI=1S/C18H15ClN4O3/c1-11(17(24)23-15-7-6-14(19)10-22-15)26-18(25)13-4-2-12(3-5-13)16-20-8-9-21-16/h2-11H,1H3,(H,20,21)(H,22,23,24). The van der Waals surface area contributed by atoms with E-state index in [1.807, 2.05) is 0 Å². The Morgan fingerprint density at radius 3 is 2.54 bits per heavy atom. The van der Waals surface area contributed by atoms with Crippen LogP contribution in [0.2, 0.25) is 5.02 Å². The number of hydrogen-bond donors (Lipinski definition) is 2. The predicted molar refractivity (Wildman–Crippen MR) is 96.8 cm³/mol. The highest BCUT2D eigenvalue weighted by Gasteiger charge is 2.19. The lowest BCUT2D eigenvalue weighted by Crippen LogP contribution is -2.30. The van der Waals surface area contributed by atoms with Gasteiger partial charge in [0.05, 0.1) is 10.6 Å². The number of hydrogen-bond acceptors (Lipinski definition) is 5. The summed E-state index contributed by atoms with van der Waals surface area (Å²) in [5.41, 5.74) is 1.18. The monoisotopic (exact) mass is 370 g/mol. The number of aromatic nitrogens is 3. The van der Waals surface area contributed by atoms with Crippen LogP contribution in [0.1, 0.15) is 17.3 Å². The van der Waals surface area contributed by atoms with Crippen molar-refractivity contribution in [1.82, 2.24) is 15.0 Å². The number of aromatic amines is 1. The summed E-state index contributed by atoms with van der Waals surface area (Å²) in [6.45, 7) is 1.49. The molecule has 0 fully saturated rings. The third-order valence-electron chi connectivity index (χ3n) is 3.52. The minimum atomic E-state index is -0.982. The van der Waals surface area contributed by atoms with Gasteiger partial charge in [0.1, 0.15) is 11.6 Å². The number of carbonyl (C=O) groups is 2. The molecule has 26 heavy (non-hydrogen) atoms. The molecule has 0 radical (unpaired) electrons. The molecule has 0 aliphatic rings. The molecule has 0 saturated heterocycles. The van der Waals surface area contributed by atoms with Gasteiger partial charge in [0.25, 0.3) is 5.91 Å². The zero-order valence-corrected chi connectivity index (χ0v) is 14.5. The van der Waals surface area contributed by atoms with Gasteiger partial charge in [-0.25, -0.2) is 14.8 Å². The Morgan fingerprint density at radius 2 is 1.92 bits per heavy atom. The highest BCUT2D eigenvalue weighted by atomic mass is 35.5. The van der Waals surface area contributed by atoms with Crippen molar-refractivity contribution in [3.05, 3.63) is 65.6 Å². The van der Waals surface area contributed by atoms with E-state index >= 15 is 0 Å². The van der Waals surface area contributed by atoms with Crippen LogP contribution in [0.5, 0.6) is 0 Å². The molecule has 1 atom stereocenters.